The lowest BCUT2D eigenvalue weighted by Gasteiger charge is -2.19. The van der Waals surface area contributed by atoms with Crippen LogP contribution in [0.2, 0.25) is 0 Å². The van der Waals surface area contributed by atoms with Crippen molar-refractivity contribution in [1.29, 1.82) is 5.26 Å². The van der Waals surface area contributed by atoms with E-state index in [1.807, 2.05) is 18.3 Å². The molecular formula is C31H27F3N4O2S. The number of alkyl halides is 3. The van der Waals surface area contributed by atoms with E-state index in [2.05, 4.69) is 41.0 Å². The molecule has 210 valence electrons. The van der Waals surface area contributed by atoms with Crippen LogP contribution in [-0.2, 0) is 10.0 Å². The first-order valence-corrected chi connectivity index (χ1v) is 15.0. The lowest BCUT2D eigenvalue weighted by Crippen LogP contribution is -2.42. The lowest BCUT2D eigenvalue weighted by atomic mass is 9.94. The van der Waals surface area contributed by atoms with Crippen LogP contribution in [0.15, 0.2) is 71.8 Å². The van der Waals surface area contributed by atoms with Crippen molar-refractivity contribution in [3.05, 3.63) is 89.1 Å². The van der Waals surface area contributed by atoms with Crippen molar-refractivity contribution >= 4 is 27.1 Å². The number of nitriles is 1. The Morgan fingerprint density at radius 2 is 1.80 bits per heavy atom. The third-order valence-corrected chi connectivity index (χ3v) is 9.64. The molecule has 2 aromatic carbocycles. The highest BCUT2D eigenvalue weighted by molar-refractivity contribution is 7.89. The molecule has 2 atom stereocenters. The molecule has 1 fully saturated rings. The van der Waals surface area contributed by atoms with Gasteiger partial charge in [0.15, 0.2) is 0 Å². The molecule has 2 aliphatic rings. The van der Waals surface area contributed by atoms with E-state index in [4.69, 9.17) is 4.98 Å². The van der Waals surface area contributed by atoms with E-state index in [1.165, 1.54) is 17.7 Å². The normalized spacial score (nSPS) is 18.1. The van der Waals surface area contributed by atoms with Crippen molar-refractivity contribution in [1.82, 2.24) is 14.3 Å². The maximum Gasteiger partial charge on any atom is 0.404 e. The standard InChI is InChI=1S/C31H27F3N4O2S/c1-19(31(32,33)34)37-41(39,40)24-13-10-21(11-14-24)30-27(17-35)29-28(38(30)23-7-3-4-8-23)16-22(18-36-29)26-15-12-20-6-2-5-9-25(20)26/h2,5-6,9-16,18-19,23,26,37H,3-4,7-8H2,1H3/t19-,26?/m0/s1. The quantitative estimate of drug-likeness (QED) is 0.266. The summed E-state index contributed by atoms with van der Waals surface area (Å²) in [6.45, 7) is 0.756. The Morgan fingerprint density at radius 1 is 1.10 bits per heavy atom. The molecule has 2 heterocycles. The molecule has 2 aromatic heterocycles. The van der Waals surface area contributed by atoms with Crippen LogP contribution in [0.5, 0.6) is 0 Å². The Balaban J connectivity index is 1.46. The van der Waals surface area contributed by atoms with Gasteiger partial charge in [0.05, 0.1) is 16.1 Å². The van der Waals surface area contributed by atoms with Crippen LogP contribution in [0.3, 0.4) is 0 Å². The van der Waals surface area contributed by atoms with E-state index in [-0.39, 0.29) is 16.9 Å². The van der Waals surface area contributed by atoms with Crippen LogP contribution in [-0.4, -0.2) is 30.2 Å². The maximum absolute atomic E-state index is 13.0. The zero-order valence-corrected chi connectivity index (χ0v) is 23.0. The summed E-state index contributed by atoms with van der Waals surface area (Å²) < 4.78 is 68.1. The van der Waals surface area contributed by atoms with Gasteiger partial charge in [-0.15, -0.1) is 0 Å². The first-order chi connectivity index (χ1) is 19.6. The van der Waals surface area contributed by atoms with Gasteiger partial charge >= 0.3 is 6.18 Å². The van der Waals surface area contributed by atoms with Gasteiger partial charge in [-0.2, -0.15) is 23.2 Å². The number of halogens is 3. The smallest absolute Gasteiger partial charge is 0.335 e. The first kappa shape index (κ1) is 27.2. The summed E-state index contributed by atoms with van der Waals surface area (Å²) >= 11 is 0. The summed E-state index contributed by atoms with van der Waals surface area (Å²) in [5.74, 6) is 0.0418. The molecule has 0 radical (unpaired) electrons. The number of allylic oxidation sites excluding steroid dienone is 1. The number of aromatic nitrogens is 2. The van der Waals surface area contributed by atoms with Crippen molar-refractivity contribution in [3.8, 4) is 17.3 Å². The van der Waals surface area contributed by atoms with Crippen LogP contribution >= 0.6 is 0 Å². The summed E-state index contributed by atoms with van der Waals surface area (Å²) in [4.78, 5) is 4.48. The molecule has 0 bridgehead atoms. The van der Waals surface area contributed by atoms with E-state index >= 15 is 0 Å². The highest BCUT2D eigenvalue weighted by Crippen LogP contribution is 2.43. The topological polar surface area (TPSA) is 87.8 Å². The van der Waals surface area contributed by atoms with Crippen LogP contribution in [0, 0.1) is 11.3 Å². The second-order valence-electron chi connectivity index (χ2n) is 10.7. The Bertz CT molecular complexity index is 1810. The number of hydrogen-bond acceptors (Lipinski definition) is 4. The zero-order valence-electron chi connectivity index (χ0n) is 22.2. The molecule has 41 heavy (non-hydrogen) atoms. The van der Waals surface area contributed by atoms with Crippen molar-refractivity contribution in [3.63, 3.8) is 0 Å². The lowest BCUT2D eigenvalue weighted by molar-refractivity contribution is -0.147. The summed E-state index contributed by atoms with van der Waals surface area (Å²) in [5, 5.41) is 10.3. The highest BCUT2D eigenvalue weighted by Gasteiger charge is 2.39. The number of nitrogens with zero attached hydrogens (tertiary/aromatic N) is 3. The molecule has 2 aliphatic carbocycles. The Labute approximate surface area is 236 Å². The summed E-state index contributed by atoms with van der Waals surface area (Å²) in [6, 6.07) is 16.2. The SMILES string of the molecule is C[C@H](NS(=O)(=O)c1ccc(-c2c(C#N)c3ncc(C4C=Cc5ccccc54)cc3n2C2CCCC2)cc1)C(F)(F)F. The van der Waals surface area contributed by atoms with E-state index in [9.17, 15) is 26.9 Å². The highest BCUT2D eigenvalue weighted by atomic mass is 32.2. The molecule has 0 amide bonds. The number of nitrogens with one attached hydrogen (secondary N) is 1. The van der Waals surface area contributed by atoms with Gasteiger partial charge in [0.1, 0.15) is 23.2 Å². The fourth-order valence-corrected chi connectivity index (χ4v) is 7.23. The van der Waals surface area contributed by atoms with Gasteiger partial charge in [-0.1, -0.05) is 61.4 Å². The van der Waals surface area contributed by atoms with Gasteiger partial charge in [-0.3, -0.25) is 4.98 Å². The van der Waals surface area contributed by atoms with Crippen molar-refractivity contribution in [2.45, 2.75) is 61.7 Å². The largest absolute Gasteiger partial charge is 0.404 e. The molecule has 6 rings (SSSR count). The summed E-state index contributed by atoms with van der Waals surface area (Å²) in [5.41, 5.74) is 6.42. The Morgan fingerprint density at radius 3 is 2.49 bits per heavy atom. The predicted molar refractivity (Wildman–Crippen MR) is 151 cm³/mol. The second kappa shape index (κ2) is 10.2. The molecule has 1 unspecified atom stereocenters. The molecule has 0 aliphatic heterocycles. The monoisotopic (exact) mass is 576 g/mol. The molecule has 10 heteroatoms. The number of benzene rings is 2. The molecule has 0 saturated heterocycles. The minimum Gasteiger partial charge on any atom is -0.335 e. The molecule has 0 spiro atoms. The third-order valence-electron chi connectivity index (χ3n) is 8.08. The number of fused-ring (bicyclic) bond motifs is 2. The molecular weight excluding hydrogens is 549 g/mol. The first-order valence-electron chi connectivity index (χ1n) is 13.5. The number of pyridine rings is 1. The number of hydrogen-bond donors (Lipinski definition) is 1. The molecule has 1 N–H and O–H groups in total. The average Bonchev–Trinajstić information content (AvgIpc) is 3.69. The molecule has 4 aromatic rings. The fraction of sp³-hybridized carbons (Fsp3) is 0.290. The van der Waals surface area contributed by atoms with Gasteiger partial charge in [-0.25, -0.2) is 8.42 Å². The van der Waals surface area contributed by atoms with Crippen LogP contribution in [0.25, 0.3) is 28.4 Å². The average molecular weight is 577 g/mol. The van der Waals surface area contributed by atoms with Gasteiger partial charge in [-0.05, 0) is 60.2 Å². The maximum atomic E-state index is 13.0. The fourth-order valence-electron chi connectivity index (χ4n) is 6.00. The Hall–Kier alpha value is -3.94. The van der Waals surface area contributed by atoms with Crippen LogP contribution < -0.4 is 4.72 Å². The van der Waals surface area contributed by atoms with Crippen LogP contribution in [0.1, 0.15) is 66.8 Å². The summed E-state index contributed by atoms with van der Waals surface area (Å²) in [7, 11) is -4.41. The molecule has 6 nitrogen and oxygen atoms in total. The van der Waals surface area contributed by atoms with Gasteiger partial charge in [0, 0.05) is 18.2 Å². The van der Waals surface area contributed by atoms with Gasteiger partial charge < -0.3 is 4.57 Å². The van der Waals surface area contributed by atoms with Crippen molar-refractivity contribution in [2.24, 2.45) is 0 Å². The van der Waals surface area contributed by atoms with E-state index in [1.54, 1.807) is 16.9 Å². The van der Waals surface area contributed by atoms with Crippen molar-refractivity contribution in [2.75, 3.05) is 0 Å². The Kier molecular flexibility index (Phi) is 6.75. The zero-order chi connectivity index (χ0) is 28.9. The number of sulfonamides is 1. The third kappa shape index (κ3) is 4.83. The molecule has 1 saturated carbocycles. The summed E-state index contributed by atoms with van der Waals surface area (Å²) in [6.07, 6.45) is 5.33. The van der Waals surface area contributed by atoms with Gasteiger partial charge in [0.25, 0.3) is 0 Å². The van der Waals surface area contributed by atoms with E-state index in [0.29, 0.717) is 22.3 Å². The van der Waals surface area contributed by atoms with Gasteiger partial charge in [0.2, 0.25) is 10.0 Å². The van der Waals surface area contributed by atoms with E-state index in [0.717, 1.165) is 49.3 Å². The van der Waals surface area contributed by atoms with Crippen LogP contribution in [0.4, 0.5) is 13.2 Å². The predicted octanol–water partition coefficient (Wildman–Crippen LogP) is 7.08. The number of rotatable bonds is 6. The van der Waals surface area contributed by atoms with Crippen molar-refractivity contribution < 1.29 is 21.6 Å². The minimum atomic E-state index is -4.71. The minimum absolute atomic E-state index is 0.0418. The second-order valence-corrected chi connectivity index (χ2v) is 12.4. The van der Waals surface area contributed by atoms with E-state index < -0.39 is 22.2 Å².